The van der Waals surface area contributed by atoms with Crippen molar-refractivity contribution in [1.29, 1.82) is 0 Å². The van der Waals surface area contributed by atoms with Crippen LogP contribution in [0.3, 0.4) is 0 Å². The fraction of sp³-hybridized carbons (Fsp3) is 0.143. The second kappa shape index (κ2) is 6.36. The molecule has 1 aromatic heterocycles. The number of halogens is 1. The summed E-state index contributed by atoms with van der Waals surface area (Å²) >= 11 is 3.20. The second-order valence-electron chi connectivity index (χ2n) is 4.25. The number of aromatic nitrogens is 1. The number of sulfone groups is 1. The molecule has 110 valence electrons. The van der Waals surface area contributed by atoms with Gasteiger partial charge in [-0.15, -0.1) is 0 Å². The average Bonchev–Trinajstić information content (AvgIpc) is 2.48. The maximum atomic E-state index is 12.0. The van der Waals surface area contributed by atoms with Gasteiger partial charge in [-0.2, -0.15) is 0 Å². The third-order valence-electron chi connectivity index (χ3n) is 2.84. The zero-order chi connectivity index (χ0) is 15.5. The van der Waals surface area contributed by atoms with E-state index in [2.05, 4.69) is 26.2 Å². The van der Waals surface area contributed by atoms with Crippen molar-refractivity contribution in [1.82, 2.24) is 4.98 Å². The van der Waals surface area contributed by atoms with Gasteiger partial charge < -0.3 is 5.32 Å². The number of rotatable bonds is 4. The molecule has 0 fully saturated rings. The van der Waals surface area contributed by atoms with Crippen molar-refractivity contribution in [2.45, 2.75) is 11.8 Å². The maximum Gasteiger partial charge on any atom is 0.255 e. The van der Waals surface area contributed by atoms with Crippen LogP contribution in [0.15, 0.2) is 52.1 Å². The molecule has 21 heavy (non-hydrogen) atoms. The van der Waals surface area contributed by atoms with Gasteiger partial charge in [0.25, 0.3) is 5.91 Å². The number of hydrogen-bond donors (Lipinski definition) is 1. The minimum absolute atomic E-state index is 0.0454. The number of carbonyl (C=O) groups is 1. The molecule has 0 unspecified atom stereocenters. The normalized spacial score (nSPS) is 11.1. The van der Waals surface area contributed by atoms with Crippen LogP contribution in [-0.2, 0) is 9.84 Å². The molecule has 1 amide bonds. The highest BCUT2D eigenvalue weighted by molar-refractivity contribution is 9.10. The monoisotopic (exact) mass is 368 g/mol. The maximum absolute atomic E-state index is 12.0. The SMILES string of the molecule is CCS(=O)(=O)c1ccc(NC(=O)c2ccnc(Br)c2)cc1. The topological polar surface area (TPSA) is 76.1 Å². The van der Waals surface area contributed by atoms with Crippen LogP contribution < -0.4 is 5.32 Å². The van der Waals surface area contributed by atoms with Crippen molar-refractivity contribution in [3.8, 4) is 0 Å². The standard InChI is InChI=1S/C14H13BrN2O3S/c1-2-21(19,20)12-5-3-11(4-6-12)17-14(18)10-7-8-16-13(15)9-10/h3-9H,2H2,1H3,(H,17,18). The molecule has 0 radical (unpaired) electrons. The Morgan fingerprint density at radius 1 is 1.24 bits per heavy atom. The molecule has 0 bridgehead atoms. The molecule has 0 atom stereocenters. The lowest BCUT2D eigenvalue weighted by molar-refractivity contribution is 0.102. The van der Waals surface area contributed by atoms with E-state index in [1.807, 2.05) is 0 Å². The number of nitrogens with one attached hydrogen (secondary N) is 1. The van der Waals surface area contributed by atoms with Crippen LogP contribution >= 0.6 is 15.9 Å². The lowest BCUT2D eigenvalue weighted by Crippen LogP contribution is -2.12. The van der Waals surface area contributed by atoms with E-state index in [0.29, 0.717) is 15.9 Å². The molecule has 0 aliphatic carbocycles. The molecule has 1 N–H and O–H groups in total. The Kier molecular flexibility index (Phi) is 4.74. The van der Waals surface area contributed by atoms with Gasteiger partial charge in [-0.3, -0.25) is 4.79 Å². The zero-order valence-electron chi connectivity index (χ0n) is 11.2. The van der Waals surface area contributed by atoms with Gasteiger partial charge in [0.2, 0.25) is 0 Å². The van der Waals surface area contributed by atoms with E-state index in [4.69, 9.17) is 0 Å². The first-order chi connectivity index (χ1) is 9.92. The lowest BCUT2D eigenvalue weighted by atomic mass is 10.2. The van der Waals surface area contributed by atoms with Crippen LogP contribution in [-0.4, -0.2) is 25.1 Å². The third-order valence-corrected chi connectivity index (χ3v) is 5.02. The molecule has 2 aromatic rings. The van der Waals surface area contributed by atoms with Crippen LogP contribution in [0.5, 0.6) is 0 Å². The Labute approximate surface area is 131 Å². The predicted octanol–water partition coefficient (Wildman–Crippen LogP) is 2.89. The summed E-state index contributed by atoms with van der Waals surface area (Å²) in [6, 6.07) is 9.29. The quantitative estimate of drug-likeness (QED) is 0.841. The number of anilines is 1. The van der Waals surface area contributed by atoms with Crippen LogP contribution in [0.4, 0.5) is 5.69 Å². The zero-order valence-corrected chi connectivity index (χ0v) is 13.6. The lowest BCUT2D eigenvalue weighted by Gasteiger charge is -2.07. The van der Waals surface area contributed by atoms with Crippen molar-refractivity contribution >= 4 is 37.4 Å². The van der Waals surface area contributed by atoms with E-state index in [9.17, 15) is 13.2 Å². The Bertz CT molecular complexity index is 758. The van der Waals surface area contributed by atoms with E-state index in [-0.39, 0.29) is 16.6 Å². The van der Waals surface area contributed by atoms with Gasteiger partial charge in [0.15, 0.2) is 9.84 Å². The summed E-state index contributed by atoms with van der Waals surface area (Å²) in [5.74, 6) is -0.242. The van der Waals surface area contributed by atoms with E-state index >= 15 is 0 Å². The molecule has 0 saturated heterocycles. The first-order valence-electron chi connectivity index (χ1n) is 6.18. The number of pyridine rings is 1. The van der Waals surface area contributed by atoms with Crippen LogP contribution in [0, 0.1) is 0 Å². The van der Waals surface area contributed by atoms with Gasteiger partial charge in [0.05, 0.1) is 10.6 Å². The Balaban J connectivity index is 2.16. The smallest absolute Gasteiger partial charge is 0.255 e. The molecule has 0 aliphatic heterocycles. The highest BCUT2D eigenvalue weighted by Gasteiger charge is 2.12. The third kappa shape index (κ3) is 3.89. The average molecular weight is 369 g/mol. The summed E-state index contributed by atoms with van der Waals surface area (Å²) in [7, 11) is -3.23. The van der Waals surface area contributed by atoms with E-state index in [0.717, 1.165) is 0 Å². The van der Waals surface area contributed by atoms with Gasteiger partial charge in [0, 0.05) is 17.4 Å². The van der Waals surface area contributed by atoms with Crippen LogP contribution in [0.2, 0.25) is 0 Å². The van der Waals surface area contributed by atoms with Crippen molar-refractivity contribution in [3.05, 3.63) is 52.8 Å². The number of nitrogens with zero attached hydrogens (tertiary/aromatic N) is 1. The summed E-state index contributed by atoms with van der Waals surface area (Å²) in [5.41, 5.74) is 0.991. The summed E-state index contributed by atoms with van der Waals surface area (Å²) in [4.78, 5) is 16.2. The fourth-order valence-corrected chi connectivity index (χ4v) is 2.91. The fourth-order valence-electron chi connectivity index (χ4n) is 1.66. The molecular formula is C14H13BrN2O3S. The van der Waals surface area contributed by atoms with Crippen molar-refractivity contribution < 1.29 is 13.2 Å². The van der Waals surface area contributed by atoms with Crippen LogP contribution in [0.25, 0.3) is 0 Å². The number of benzene rings is 1. The second-order valence-corrected chi connectivity index (χ2v) is 7.34. The Morgan fingerprint density at radius 3 is 2.48 bits per heavy atom. The minimum Gasteiger partial charge on any atom is -0.322 e. The molecular weight excluding hydrogens is 356 g/mol. The van der Waals surface area contributed by atoms with E-state index in [1.54, 1.807) is 31.2 Å². The summed E-state index contributed by atoms with van der Waals surface area (Å²) in [6.07, 6.45) is 1.52. The molecule has 0 aliphatic rings. The molecule has 7 heteroatoms. The Hall–Kier alpha value is -1.73. The molecule has 2 rings (SSSR count). The predicted molar refractivity (Wildman–Crippen MR) is 84.1 cm³/mol. The van der Waals surface area contributed by atoms with Crippen molar-refractivity contribution in [2.75, 3.05) is 11.1 Å². The summed E-state index contributed by atoms with van der Waals surface area (Å²) in [6.45, 7) is 1.59. The highest BCUT2D eigenvalue weighted by atomic mass is 79.9. The molecule has 0 spiro atoms. The molecule has 0 saturated carbocycles. The number of amides is 1. The van der Waals surface area contributed by atoms with Gasteiger partial charge in [0.1, 0.15) is 4.60 Å². The summed E-state index contributed by atoms with van der Waals surface area (Å²) < 4.78 is 24.0. The van der Waals surface area contributed by atoms with E-state index in [1.165, 1.54) is 18.3 Å². The van der Waals surface area contributed by atoms with Gasteiger partial charge in [-0.05, 0) is 52.3 Å². The van der Waals surface area contributed by atoms with Gasteiger partial charge >= 0.3 is 0 Å². The number of carbonyl (C=O) groups excluding carboxylic acids is 1. The molecule has 1 aromatic carbocycles. The Morgan fingerprint density at radius 2 is 1.90 bits per heavy atom. The van der Waals surface area contributed by atoms with Gasteiger partial charge in [-0.1, -0.05) is 6.92 Å². The van der Waals surface area contributed by atoms with E-state index < -0.39 is 9.84 Å². The van der Waals surface area contributed by atoms with Crippen molar-refractivity contribution in [3.63, 3.8) is 0 Å². The molecule has 1 heterocycles. The summed E-state index contributed by atoms with van der Waals surface area (Å²) in [5, 5.41) is 2.70. The first-order valence-corrected chi connectivity index (χ1v) is 8.62. The largest absolute Gasteiger partial charge is 0.322 e. The highest BCUT2D eigenvalue weighted by Crippen LogP contribution is 2.16. The number of hydrogen-bond acceptors (Lipinski definition) is 4. The minimum atomic E-state index is -3.23. The van der Waals surface area contributed by atoms with Gasteiger partial charge in [-0.25, -0.2) is 13.4 Å². The van der Waals surface area contributed by atoms with Crippen molar-refractivity contribution in [2.24, 2.45) is 0 Å². The molecule has 5 nitrogen and oxygen atoms in total. The van der Waals surface area contributed by atoms with Crippen LogP contribution in [0.1, 0.15) is 17.3 Å². The first kappa shape index (κ1) is 15.7.